The highest BCUT2D eigenvalue weighted by Crippen LogP contribution is 2.35. The summed E-state index contributed by atoms with van der Waals surface area (Å²) >= 11 is 6.59. The number of nitrogens with one attached hydrogen (secondary N) is 1. The predicted molar refractivity (Wildman–Crippen MR) is 182 cm³/mol. The minimum atomic E-state index is -2.78. The minimum absolute atomic E-state index is 0.0485. The maximum Gasteiger partial charge on any atom is 0.407 e. The molecule has 1 aliphatic carbocycles. The number of hydrogen-bond donors (Lipinski definition) is 2. The summed E-state index contributed by atoms with van der Waals surface area (Å²) in [6, 6.07) is 10.6. The van der Waals surface area contributed by atoms with Gasteiger partial charge in [0.05, 0.1) is 22.9 Å². The number of nitrogens with two attached hydrogens (primary N) is 1. The predicted octanol–water partition coefficient (Wildman–Crippen LogP) is 6.70. The average molecular weight is 696 g/mol. The lowest BCUT2D eigenvalue weighted by Gasteiger charge is -2.32. The number of aromatic nitrogens is 5. The normalized spacial score (nSPS) is 14.8. The maximum atomic E-state index is 14.5. The molecule has 2 amide bonds. The third-order valence-electron chi connectivity index (χ3n) is 8.16. The molecule has 2 aromatic heterocycles. The first-order chi connectivity index (χ1) is 23.1. The smallest absolute Gasteiger partial charge is 0.407 e. The van der Waals surface area contributed by atoms with E-state index in [9.17, 15) is 18.4 Å². The van der Waals surface area contributed by atoms with E-state index in [0.717, 1.165) is 12.8 Å². The van der Waals surface area contributed by atoms with Gasteiger partial charge in [-0.2, -0.15) is 19.0 Å². The van der Waals surface area contributed by atoms with Gasteiger partial charge in [-0.05, 0) is 73.9 Å². The molecule has 5 rings (SSSR count). The van der Waals surface area contributed by atoms with Crippen LogP contribution in [0.15, 0.2) is 66.2 Å². The lowest BCUT2D eigenvalue weighted by atomic mass is 9.92. The number of alkyl carbamates (subject to hydrolysis) is 1. The molecule has 0 aliphatic heterocycles. The number of amides is 2. The second kappa shape index (κ2) is 14.3. The number of ether oxygens (including phenoxy) is 1. The van der Waals surface area contributed by atoms with Crippen molar-refractivity contribution in [1.82, 2.24) is 34.8 Å². The van der Waals surface area contributed by atoms with Crippen LogP contribution in [0.3, 0.4) is 0 Å². The zero-order chi connectivity index (χ0) is 35.5. The summed E-state index contributed by atoms with van der Waals surface area (Å²) in [5, 5.41) is 11.3. The molecule has 1 atom stereocenters. The monoisotopic (exact) mass is 695 g/mol. The Morgan fingerprint density at radius 2 is 1.88 bits per heavy atom. The Morgan fingerprint density at radius 1 is 1.16 bits per heavy atom. The van der Waals surface area contributed by atoms with Crippen LogP contribution >= 0.6 is 11.6 Å². The van der Waals surface area contributed by atoms with E-state index in [4.69, 9.17) is 22.1 Å². The van der Waals surface area contributed by atoms with Crippen molar-refractivity contribution >= 4 is 29.6 Å². The largest absolute Gasteiger partial charge is 0.447 e. The Balaban J connectivity index is 1.55. The van der Waals surface area contributed by atoms with E-state index in [1.54, 1.807) is 49.4 Å². The molecular formula is C34H40ClF2N9O3. The second-order valence-corrected chi connectivity index (χ2v) is 13.9. The number of benzene rings is 2. The topological polar surface area (TPSA) is 146 Å². The van der Waals surface area contributed by atoms with Crippen molar-refractivity contribution in [1.29, 1.82) is 0 Å². The van der Waals surface area contributed by atoms with E-state index < -0.39 is 24.6 Å². The molecule has 3 N–H and O–H groups in total. The first-order valence-electron chi connectivity index (χ1n) is 15.8. The molecule has 0 unspecified atom stereocenters. The third kappa shape index (κ3) is 8.99. The highest BCUT2D eigenvalue weighted by atomic mass is 35.5. The van der Waals surface area contributed by atoms with Gasteiger partial charge in [0, 0.05) is 29.4 Å². The number of carbonyl (C=O) groups excluding carboxylic acids is 2. The highest BCUT2D eigenvalue weighted by molar-refractivity contribution is 6.32. The van der Waals surface area contributed by atoms with Gasteiger partial charge in [-0.25, -0.2) is 19.1 Å². The number of aryl methyl sites for hydroxylation is 1. The molecule has 4 aromatic rings. The lowest BCUT2D eigenvalue weighted by molar-refractivity contribution is 0.0566. The summed E-state index contributed by atoms with van der Waals surface area (Å²) in [7, 11) is 0. The van der Waals surface area contributed by atoms with Crippen LogP contribution in [0.2, 0.25) is 5.02 Å². The Kier molecular flexibility index (Phi) is 10.4. The first-order valence-corrected chi connectivity index (χ1v) is 16.2. The SMILES string of the molecule is Cc1ncn(-c2cc([C@@H](COC(=O)NC3(C)CC3)N(C(=O)c3ccc(-c4cnn(C(F)F)c4)cc3)C(N)=NCCC(C)(C)C)ccc2Cl)n1. The fourth-order valence-corrected chi connectivity index (χ4v) is 5.17. The quantitative estimate of drug-likeness (QED) is 0.131. The van der Waals surface area contributed by atoms with Crippen molar-refractivity contribution < 1.29 is 23.1 Å². The minimum Gasteiger partial charge on any atom is -0.447 e. The molecule has 260 valence electrons. The summed E-state index contributed by atoms with van der Waals surface area (Å²) in [6.45, 7) is 7.18. The zero-order valence-corrected chi connectivity index (χ0v) is 28.8. The third-order valence-corrected chi connectivity index (χ3v) is 8.48. The van der Waals surface area contributed by atoms with Gasteiger partial charge in [0.2, 0.25) is 0 Å². The van der Waals surface area contributed by atoms with Gasteiger partial charge in [0.25, 0.3) is 5.91 Å². The van der Waals surface area contributed by atoms with Gasteiger partial charge >= 0.3 is 12.6 Å². The van der Waals surface area contributed by atoms with E-state index in [1.165, 1.54) is 28.3 Å². The molecule has 15 heteroatoms. The Hall–Kier alpha value is -4.85. The van der Waals surface area contributed by atoms with Crippen LogP contribution in [-0.4, -0.2) is 66.1 Å². The highest BCUT2D eigenvalue weighted by Gasteiger charge is 2.40. The van der Waals surface area contributed by atoms with E-state index in [1.807, 2.05) is 6.92 Å². The zero-order valence-electron chi connectivity index (χ0n) is 28.0. The summed E-state index contributed by atoms with van der Waals surface area (Å²) in [6.07, 6.45) is 5.80. The van der Waals surface area contributed by atoms with Crippen molar-refractivity contribution in [2.45, 2.75) is 72.0 Å². The number of aliphatic imine (C=N–C) groups is 1. The molecule has 1 aliphatic rings. The fraction of sp³-hybridized carbons (Fsp3) is 0.412. The first kappa shape index (κ1) is 35.5. The fourth-order valence-electron chi connectivity index (χ4n) is 4.97. The van der Waals surface area contributed by atoms with Gasteiger partial charge in [0.15, 0.2) is 5.96 Å². The molecule has 49 heavy (non-hydrogen) atoms. The Labute approximate surface area is 288 Å². The molecule has 0 bridgehead atoms. The van der Waals surface area contributed by atoms with Gasteiger partial charge in [-0.1, -0.05) is 50.6 Å². The Bertz CT molecular complexity index is 1830. The number of carbonyl (C=O) groups is 2. The molecule has 2 heterocycles. The number of hydrogen-bond acceptors (Lipinski definition) is 7. The van der Waals surface area contributed by atoms with E-state index in [2.05, 4.69) is 46.3 Å². The average Bonchev–Trinajstić information content (AvgIpc) is 3.39. The van der Waals surface area contributed by atoms with Crippen LogP contribution in [0, 0.1) is 12.3 Å². The summed E-state index contributed by atoms with van der Waals surface area (Å²) in [4.78, 5) is 37.5. The van der Waals surface area contributed by atoms with E-state index in [-0.39, 0.29) is 29.1 Å². The number of nitrogens with zero attached hydrogens (tertiary/aromatic N) is 7. The van der Waals surface area contributed by atoms with Crippen LogP contribution in [0.1, 0.15) is 81.3 Å². The van der Waals surface area contributed by atoms with Crippen molar-refractivity contribution in [3.8, 4) is 16.8 Å². The standard InChI is InChI=1S/C34H40ClF2N9O3/c1-21-40-20-45(43-21)27-16-24(10-11-26(27)35)28(19-49-32(48)42-34(5)12-13-34)46(31(38)39-15-14-33(2,3)4)29(47)23-8-6-22(7-9-23)25-17-41-44(18-25)30(36)37/h6-11,16-18,20,28,30H,12-15,19H2,1-5H3,(H2,38,39)(H,42,48)/t28-/m1/s1. The van der Waals surface area contributed by atoms with Gasteiger partial charge < -0.3 is 15.8 Å². The van der Waals surface area contributed by atoms with Gasteiger partial charge in [-0.3, -0.25) is 14.7 Å². The molecule has 0 saturated heterocycles. The van der Waals surface area contributed by atoms with E-state index >= 15 is 0 Å². The molecule has 1 fully saturated rings. The Morgan fingerprint density at radius 3 is 2.47 bits per heavy atom. The summed E-state index contributed by atoms with van der Waals surface area (Å²) in [5.41, 5.74) is 8.56. The lowest BCUT2D eigenvalue weighted by Crippen LogP contribution is -2.47. The number of rotatable bonds is 11. The molecule has 2 aromatic carbocycles. The van der Waals surface area contributed by atoms with Crippen LogP contribution in [-0.2, 0) is 4.74 Å². The van der Waals surface area contributed by atoms with Gasteiger partial charge in [0.1, 0.15) is 18.8 Å². The van der Waals surface area contributed by atoms with Crippen molar-refractivity contribution in [3.63, 3.8) is 0 Å². The van der Waals surface area contributed by atoms with Gasteiger partial charge in [-0.15, -0.1) is 0 Å². The van der Waals surface area contributed by atoms with Crippen LogP contribution in [0.5, 0.6) is 0 Å². The summed E-state index contributed by atoms with van der Waals surface area (Å²) in [5.74, 6) is -0.0699. The molecular weight excluding hydrogens is 656 g/mol. The van der Waals surface area contributed by atoms with Crippen molar-refractivity contribution in [2.24, 2.45) is 16.1 Å². The van der Waals surface area contributed by atoms with Crippen LogP contribution < -0.4 is 11.1 Å². The molecule has 0 spiro atoms. The number of alkyl halides is 2. The van der Waals surface area contributed by atoms with Crippen LogP contribution in [0.4, 0.5) is 13.6 Å². The molecule has 12 nitrogen and oxygen atoms in total. The van der Waals surface area contributed by atoms with E-state index in [0.29, 0.717) is 50.9 Å². The van der Waals surface area contributed by atoms with Crippen molar-refractivity contribution in [3.05, 3.63) is 83.2 Å². The summed E-state index contributed by atoms with van der Waals surface area (Å²) < 4.78 is 34.0. The number of guanidine groups is 1. The molecule has 0 radical (unpaired) electrons. The number of halogens is 3. The molecule has 1 saturated carbocycles. The van der Waals surface area contributed by atoms with Crippen molar-refractivity contribution in [2.75, 3.05) is 13.2 Å². The second-order valence-electron chi connectivity index (χ2n) is 13.5. The van der Waals surface area contributed by atoms with Crippen LogP contribution in [0.25, 0.3) is 16.8 Å². The maximum absolute atomic E-state index is 14.5.